The van der Waals surface area contributed by atoms with Gasteiger partial charge >= 0.3 is 0 Å². The van der Waals surface area contributed by atoms with Gasteiger partial charge in [-0.05, 0) is 36.0 Å². The van der Waals surface area contributed by atoms with E-state index in [0.29, 0.717) is 0 Å². The smallest absolute Gasteiger partial charge is 0.124 e. The van der Waals surface area contributed by atoms with Crippen molar-refractivity contribution in [3.05, 3.63) is 34.1 Å². The Bertz CT molecular complexity index is 362. The van der Waals surface area contributed by atoms with Crippen molar-refractivity contribution < 1.29 is 4.39 Å². The molecule has 0 atom stereocenters. The lowest BCUT2D eigenvalue weighted by atomic mass is 9.82. The highest BCUT2D eigenvalue weighted by atomic mass is 79.9. The lowest BCUT2D eigenvalue weighted by Crippen LogP contribution is -2.27. The molecule has 0 aliphatic rings. The first kappa shape index (κ1) is 15.6. The van der Waals surface area contributed by atoms with Gasteiger partial charge in [0.05, 0.1) is 0 Å². The second-order valence-corrected chi connectivity index (χ2v) is 6.41. The van der Waals surface area contributed by atoms with Crippen LogP contribution < -0.4 is 0 Å². The Labute approximate surface area is 128 Å². The average Bonchev–Trinajstić information content (AvgIpc) is 2.32. The Hall–Kier alpha value is 0.590. The van der Waals surface area contributed by atoms with Gasteiger partial charge in [0.15, 0.2) is 0 Å². The standard InChI is InChI=1S/C13H16Br3F/c1-2-5-13(8-14,9-15)7-10-3-4-11(17)6-12(10)16/h3-4,6H,2,5,7-9H2,1H3. The fourth-order valence-corrected chi connectivity index (χ4v) is 4.33. The minimum absolute atomic E-state index is 0.195. The average molecular weight is 431 g/mol. The number of hydrogen-bond donors (Lipinski definition) is 0. The van der Waals surface area contributed by atoms with Crippen LogP contribution in [0.2, 0.25) is 0 Å². The highest BCUT2D eigenvalue weighted by molar-refractivity contribution is 9.10. The molecule has 0 N–H and O–H groups in total. The maximum atomic E-state index is 13.0. The molecule has 0 fully saturated rings. The van der Waals surface area contributed by atoms with E-state index in [2.05, 4.69) is 54.7 Å². The summed E-state index contributed by atoms with van der Waals surface area (Å²) in [6.45, 7) is 2.19. The predicted molar refractivity (Wildman–Crippen MR) is 82.7 cm³/mol. The quantitative estimate of drug-likeness (QED) is 0.507. The molecule has 0 radical (unpaired) electrons. The van der Waals surface area contributed by atoms with Crippen LogP contribution in [0.4, 0.5) is 4.39 Å². The minimum Gasteiger partial charge on any atom is -0.207 e. The molecule has 96 valence electrons. The van der Waals surface area contributed by atoms with Crippen LogP contribution in [0.25, 0.3) is 0 Å². The van der Waals surface area contributed by atoms with Crippen molar-refractivity contribution in [1.29, 1.82) is 0 Å². The Balaban J connectivity index is 2.92. The Morgan fingerprint density at radius 1 is 1.24 bits per heavy atom. The van der Waals surface area contributed by atoms with Crippen molar-refractivity contribution in [1.82, 2.24) is 0 Å². The highest BCUT2D eigenvalue weighted by Crippen LogP contribution is 2.35. The summed E-state index contributed by atoms with van der Waals surface area (Å²) in [6, 6.07) is 4.93. The third-order valence-corrected chi connectivity index (χ3v) is 6.05. The van der Waals surface area contributed by atoms with Crippen LogP contribution in [0.3, 0.4) is 0 Å². The van der Waals surface area contributed by atoms with Crippen LogP contribution in [0, 0.1) is 11.2 Å². The van der Waals surface area contributed by atoms with E-state index in [0.717, 1.165) is 34.4 Å². The molecular weight excluding hydrogens is 415 g/mol. The van der Waals surface area contributed by atoms with Crippen molar-refractivity contribution in [3.8, 4) is 0 Å². The van der Waals surface area contributed by atoms with Gasteiger partial charge in [0, 0.05) is 15.1 Å². The van der Waals surface area contributed by atoms with Gasteiger partial charge < -0.3 is 0 Å². The molecule has 0 aliphatic carbocycles. The van der Waals surface area contributed by atoms with Gasteiger partial charge in [0.25, 0.3) is 0 Å². The van der Waals surface area contributed by atoms with Crippen LogP contribution in [-0.4, -0.2) is 10.7 Å². The molecule has 1 aromatic rings. The van der Waals surface area contributed by atoms with Crippen molar-refractivity contribution in [2.24, 2.45) is 5.41 Å². The molecule has 0 bridgehead atoms. The summed E-state index contributed by atoms with van der Waals surface area (Å²) in [7, 11) is 0. The highest BCUT2D eigenvalue weighted by Gasteiger charge is 2.28. The maximum absolute atomic E-state index is 13.0. The zero-order valence-electron chi connectivity index (χ0n) is 9.78. The molecule has 0 aromatic heterocycles. The van der Waals surface area contributed by atoms with Gasteiger partial charge in [-0.25, -0.2) is 4.39 Å². The molecule has 0 nitrogen and oxygen atoms in total. The lowest BCUT2D eigenvalue weighted by Gasteiger charge is -2.30. The topological polar surface area (TPSA) is 0 Å². The normalized spacial score (nSPS) is 11.8. The minimum atomic E-state index is -0.195. The van der Waals surface area contributed by atoms with Crippen LogP contribution in [0.5, 0.6) is 0 Å². The summed E-state index contributed by atoms with van der Waals surface area (Å²) in [5.74, 6) is -0.195. The fraction of sp³-hybridized carbons (Fsp3) is 0.538. The summed E-state index contributed by atoms with van der Waals surface area (Å²) in [4.78, 5) is 0. The molecule has 0 unspecified atom stereocenters. The summed E-state index contributed by atoms with van der Waals surface area (Å²) < 4.78 is 13.9. The second kappa shape index (κ2) is 7.25. The summed E-state index contributed by atoms with van der Waals surface area (Å²) in [5, 5.41) is 1.89. The van der Waals surface area contributed by atoms with E-state index in [1.165, 1.54) is 17.7 Å². The molecule has 1 rings (SSSR count). The first-order valence-electron chi connectivity index (χ1n) is 5.63. The molecule has 0 amide bonds. The third kappa shape index (κ3) is 4.32. The summed E-state index contributed by atoms with van der Waals surface area (Å²) in [6.07, 6.45) is 3.24. The number of rotatable bonds is 6. The number of hydrogen-bond acceptors (Lipinski definition) is 0. The zero-order valence-corrected chi connectivity index (χ0v) is 14.5. The van der Waals surface area contributed by atoms with Crippen LogP contribution in [0.15, 0.2) is 22.7 Å². The van der Waals surface area contributed by atoms with E-state index in [-0.39, 0.29) is 11.2 Å². The Morgan fingerprint density at radius 2 is 1.88 bits per heavy atom. The first-order valence-corrected chi connectivity index (χ1v) is 8.66. The predicted octanol–water partition coefficient (Wildman–Crippen LogP) is 5.71. The third-order valence-electron chi connectivity index (χ3n) is 2.93. The van der Waals surface area contributed by atoms with E-state index in [9.17, 15) is 4.39 Å². The van der Waals surface area contributed by atoms with Crippen molar-refractivity contribution >= 4 is 47.8 Å². The van der Waals surface area contributed by atoms with E-state index in [4.69, 9.17) is 0 Å². The van der Waals surface area contributed by atoms with Crippen LogP contribution in [-0.2, 0) is 6.42 Å². The fourth-order valence-electron chi connectivity index (χ4n) is 1.95. The molecular formula is C13H16Br3F. The zero-order chi connectivity index (χ0) is 12.9. The van der Waals surface area contributed by atoms with E-state index in [1.807, 2.05) is 6.07 Å². The largest absolute Gasteiger partial charge is 0.207 e. The van der Waals surface area contributed by atoms with Gasteiger partial charge in [-0.3, -0.25) is 0 Å². The van der Waals surface area contributed by atoms with Gasteiger partial charge in [-0.1, -0.05) is 67.2 Å². The second-order valence-electron chi connectivity index (χ2n) is 4.43. The molecule has 0 saturated heterocycles. The first-order chi connectivity index (χ1) is 8.06. The molecule has 0 spiro atoms. The van der Waals surface area contributed by atoms with Gasteiger partial charge in [-0.15, -0.1) is 0 Å². The monoisotopic (exact) mass is 428 g/mol. The summed E-state index contributed by atoms with van der Waals surface area (Å²) in [5.41, 5.74) is 1.37. The van der Waals surface area contributed by atoms with Gasteiger partial charge in [0.2, 0.25) is 0 Å². The SMILES string of the molecule is CCCC(CBr)(CBr)Cc1ccc(F)cc1Br. The summed E-state index contributed by atoms with van der Waals surface area (Å²) >= 11 is 10.7. The van der Waals surface area contributed by atoms with Crippen LogP contribution in [0.1, 0.15) is 25.3 Å². The number of alkyl halides is 2. The molecule has 0 saturated carbocycles. The molecule has 1 aromatic carbocycles. The molecule has 0 aliphatic heterocycles. The maximum Gasteiger partial charge on any atom is 0.124 e. The number of benzene rings is 1. The molecule has 4 heteroatoms. The van der Waals surface area contributed by atoms with Crippen molar-refractivity contribution in [2.75, 3.05) is 10.7 Å². The number of halogens is 4. The Kier molecular flexibility index (Phi) is 6.67. The molecule has 17 heavy (non-hydrogen) atoms. The van der Waals surface area contributed by atoms with Gasteiger partial charge in [-0.2, -0.15) is 0 Å². The van der Waals surface area contributed by atoms with E-state index >= 15 is 0 Å². The van der Waals surface area contributed by atoms with Gasteiger partial charge in [0.1, 0.15) is 5.82 Å². The Morgan fingerprint density at radius 3 is 2.35 bits per heavy atom. The molecule has 0 heterocycles. The van der Waals surface area contributed by atoms with Crippen molar-refractivity contribution in [3.63, 3.8) is 0 Å². The van der Waals surface area contributed by atoms with Crippen LogP contribution >= 0.6 is 47.8 Å². The van der Waals surface area contributed by atoms with Crippen molar-refractivity contribution in [2.45, 2.75) is 26.2 Å². The van der Waals surface area contributed by atoms with E-state index < -0.39 is 0 Å². The van der Waals surface area contributed by atoms with E-state index in [1.54, 1.807) is 0 Å². The lowest BCUT2D eigenvalue weighted by molar-refractivity contribution is 0.351.